The minimum absolute atomic E-state index is 0.0959. The van der Waals surface area contributed by atoms with E-state index in [0.717, 1.165) is 69.8 Å². The van der Waals surface area contributed by atoms with Crippen molar-refractivity contribution in [2.45, 2.75) is 12.8 Å². The first-order valence-electron chi connectivity index (χ1n) is 9.10. The molecule has 1 aromatic carbocycles. The second-order valence-electron chi connectivity index (χ2n) is 6.94. The number of hydrogen-bond acceptors (Lipinski definition) is 5. The molecule has 25 heavy (non-hydrogen) atoms. The van der Waals surface area contributed by atoms with E-state index >= 15 is 0 Å². The maximum absolute atomic E-state index is 12.9. The highest BCUT2D eigenvalue weighted by molar-refractivity contribution is 5.97. The van der Waals surface area contributed by atoms with Crippen LogP contribution in [0.25, 0.3) is 11.0 Å². The van der Waals surface area contributed by atoms with Crippen LogP contribution in [0.2, 0.25) is 0 Å². The van der Waals surface area contributed by atoms with E-state index in [9.17, 15) is 4.79 Å². The molecule has 2 aliphatic heterocycles. The van der Waals surface area contributed by atoms with Gasteiger partial charge in [0.2, 0.25) is 0 Å². The van der Waals surface area contributed by atoms with E-state index in [4.69, 9.17) is 4.74 Å². The third-order valence-corrected chi connectivity index (χ3v) is 5.13. The maximum atomic E-state index is 12.9. The Hall–Kier alpha value is -2.05. The molecule has 2 fully saturated rings. The monoisotopic (exact) mass is 340 g/mol. The zero-order valence-electron chi connectivity index (χ0n) is 14.4. The van der Waals surface area contributed by atoms with Gasteiger partial charge in [-0.05, 0) is 43.5 Å². The SMILES string of the molecule is O=C(c1ccc2nccnc2c1)N1CCCN(CC2CCOC2)CC1. The van der Waals surface area contributed by atoms with Gasteiger partial charge < -0.3 is 14.5 Å². The number of aromatic nitrogens is 2. The fourth-order valence-electron chi connectivity index (χ4n) is 3.73. The number of amides is 1. The molecule has 1 amide bonds. The molecule has 3 heterocycles. The van der Waals surface area contributed by atoms with Gasteiger partial charge in [0.15, 0.2) is 0 Å². The Morgan fingerprint density at radius 3 is 2.84 bits per heavy atom. The number of nitrogens with zero attached hydrogens (tertiary/aromatic N) is 4. The van der Waals surface area contributed by atoms with Crippen LogP contribution in [0, 0.1) is 5.92 Å². The minimum Gasteiger partial charge on any atom is -0.381 e. The van der Waals surface area contributed by atoms with Crippen LogP contribution in [0.15, 0.2) is 30.6 Å². The Balaban J connectivity index is 1.41. The molecule has 4 rings (SSSR count). The van der Waals surface area contributed by atoms with E-state index in [2.05, 4.69) is 14.9 Å². The molecule has 0 spiro atoms. The van der Waals surface area contributed by atoms with Crippen molar-refractivity contribution in [3.63, 3.8) is 0 Å². The molecular weight excluding hydrogens is 316 g/mol. The number of fused-ring (bicyclic) bond motifs is 1. The quantitative estimate of drug-likeness (QED) is 0.853. The van der Waals surface area contributed by atoms with Crippen LogP contribution in [0.1, 0.15) is 23.2 Å². The number of carbonyl (C=O) groups is 1. The van der Waals surface area contributed by atoms with Crippen molar-refractivity contribution in [3.8, 4) is 0 Å². The first-order valence-corrected chi connectivity index (χ1v) is 9.10. The summed E-state index contributed by atoms with van der Waals surface area (Å²) >= 11 is 0. The average molecular weight is 340 g/mol. The number of rotatable bonds is 3. The van der Waals surface area contributed by atoms with Gasteiger partial charge in [0.25, 0.3) is 5.91 Å². The van der Waals surface area contributed by atoms with E-state index in [-0.39, 0.29) is 5.91 Å². The zero-order chi connectivity index (χ0) is 17.1. The van der Waals surface area contributed by atoms with Crippen molar-refractivity contribution >= 4 is 16.9 Å². The van der Waals surface area contributed by atoms with Gasteiger partial charge in [-0.3, -0.25) is 14.8 Å². The number of benzene rings is 1. The van der Waals surface area contributed by atoms with Crippen molar-refractivity contribution in [1.29, 1.82) is 0 Å². The second-order valence-corrected chi connectivity index (χ2v) is 6.94. The molecule has 0 saturated carbocycles. The van der Waals surface area contributed by atoms with Crippen molar-refractivity contribution in [2.75, 3.05) is 45.9 Å². The lowest BCUT2D eigenvalue weighted by Crippen LogP contribution is -2.36. The van der Waals surface area contributed by atoms with Crippen LogP contribution in [0.3, 0.4) is 0 Å². The van der Waals surface area contributed by atoms with Gasteiger partial charge in [-0.25, -0.2) is 0 Å². The third kappa shape index (κ3) is 3.80. The Bertz CT molecular complexity index is 745. The highest BCUT2D eigenvalue weighted by atomic mass is 16.5. The molecule has 0 radical (unpaired) electrons. The fourth-order valence-corrected chi connectivity index (χ4v) is 3.73. The van der Waals surface area contributed by atoms with Crippen molar-refractivity contribution in [1.82, 2.24) is 19.8 Å². The topological polar surface area (TPSA) is 58.6 Å². The maximum Gasteiger partial charge on any atom is 0.253 e. The Kier molecular flexibility index (Phi) is 4.90. The highest BCUT2D eigenvalue weighted by Crippen LogP contribution is 2.17. The summed E-state index contributed by atoms with van der Waals surface area (Å²) in [6.07, 6.45) is 5.51. The predicted octanol–water partition coefficient (Wildman–Crippen LogP) is 1.81. The molecule has 1 aromatic heterocycles. The number of ether oxygens (including phenoxy) is 1. The minimum atomic E-state index is 0.0959. The van der Waals surface area contributed by atoms with E-state index in [1.165, 1.54) is 0 Å². The van der Waals surface area contributed by atoms with Crippen molar-refractivity contribution in [2.24, 2.45) is 5.92 Å². The lowest BCUT2D eigenvalue weighted by atomic mass is 10.1. The highest BCUT2D eigenvalue weighted by Gasteiger charge is 2.24. The van der Waals surface area contributed by atoms with Crippen LogP contribution in [0.4, 0.5) is 0 Å². The molecule has 6 heteroatoms. The van der Waals surface area contributed by atoms with Crippen LogP contribution < -0.4 is 0 Å². The summed E-state index contributed by atoms with van der Waals surface area (Å²) in [4.78, 5) is 25.9. The molecule has 0 aliphatic carbocycles. The molecule has 2 saturated heterocycles. The molecule has 0 bridgehead atoms. The van der Waals surface area contributed by atoms with Crippen LogP contribution >= 0.6 is 0 Å². The van der Waals surface area contributed by atoms with E-state index in [0.29, 0.717) is 11.5 Å². The van der Waals surface area contributed by atoms with Gasteiger partial charge in [0.05, 0.1) is 17.6 Å². The predicted molar refractivity (Wildman–Crippen MR) is 95.4 cm³/mol. The summed E-state index contributed by atoms with van der Waals surface area (Å²) in [5, 5.41) is 0. The summed E-state index contributed by atoms with van der Waals surface area (Å²) in [6.45, 7) is 6.47. The van der Waals surface area contributed by atoms with Crippen molar-refractivity contribution in [3.05, 3.63) is 36.2 Å². The molecule has 132 valence electrons. The van der Waals surface area contributed by atoms with Gasteiger partial charge in [-0.2, -0.15) is 0 Å². The van der Waals surface area contributed by atoms with Crippen LogP contribution in [0.5, 0.6) is 0 Å². The van der Waals surface area contributed by atoms with E-state index < -0.39 is 0 Å². The summed E-state index contributed by atoms with van der Waals surface area (Å²) in [7, 11) is 0. The Labute approximate surface area is 147 Å². The van der Waals surface area contributed by atoms with Gasteiger partial charge in [-0.1, -0.05) is 0 Å². The molecule has 2 aromatic rings. The third-order valence-electron chi connectivity index (χ3n) is 5.13. The van der Waals surface area contributed by atoms with Gasteiger partial charge in [0, 0.05) is 50.7 Å². The molecular formula is C19H24N4O2. The second kappa shape index (κ2) is 7.45. The Morgan fingerprint density at radius 1 is 1.12 bits per heavy atom. The summed E-state index contributed by atoms with van der Waals surface area (Å²) in [6, 6.07) is 5.58. The van der Waals surface area contributed by atoms with Crippen LogP contribution in [-0.2, 0) is 4.74 Å². The zero-order valence-corrected chi connectivity index (χ0v) is 14.4. The smallest absolute Gasteiger partial charge is 0.253 e. The normalized spacial score (nSPS) is 22.2. The standard InChI is InChI=1S/C19H24N4O2/c24-19(16-2-3-17-18(12-16)21-6-5-20-17)23-8-1-7-22(9-10-23)13-15-4-11-25-14-15/h2-3,5-6,12,15H,1,4,7-11,13-14H2. The molecule has 2 aliphatic rings. The first kappa shape index (κ1) is 16.4. The van der Waals surface area contributed by atoms with Gasteiger partial charge >= 0.3 is 0 Å². The van der Waals surface area contributed by atoms with Crippen molar-refractivity contribution < 1.29 is 9.53 Å². The van der Waals surface area contributed by atoms with E-state index in [1.54, 1.807) is 12.4 Å². The van der Waals surface area contributed by atoms with Gasteiger partial charge in [-0.15, -0.1) is 0 Å². The molecule has 1 atom stereocenters. The average Bonchev–Trinajstić information content (AvgIpc) is 3.05. The number of carbonyl (C=O) groups excluding carboxylic acids is 1. The molecule has 6 nitrogen and oxygen atoms in total. The lowest BCUT2D eigenvalue weighted by Gasteiger charge is -2.24. The first-order chi connectivity index (χ1) is 12.3. The summed E-state index contributed by atoms with van der Waals surface area (Å²) < 4.78 is 5.48. The Morgan fingerprint density at radius 2 is 2.00 bits per heavy atom. The molecule has 1 unspecified atom stereocenters. The molecule has 0 N–H and O–H groups in total. The summed E-state index contributed by atoms with van der Waals surface area (Å²) in [5.41, 5.74) is 2.29. The van der Waals surface area contributed by atoms with E-state index in [1.807, 2.05) is 23.1 Å². The van der Waals surface area contributed by atoms with Crippen LogP contribution in [-0.4, -0.2) is 71.6 Å². The number of hydrogen-bond donors (Lipinski definition) is 0. The lowest BCUT2D eigenvalue weighted by molar-refractivity contribution is 0.0760. The fraction of sp³-hybridized carbons (Fsp3) is 0.526. The van der Waals surface area contributed by atoms with Gasteiger partial charge in [0.1, 0.15) is 0 Å². The summed E-state index contributed by atoms with van der Waals surface area (Å²) in [5.74, 6) is 0.750. The largest absolute Gasteiger partial charge is 0.381 e.